The number of aromatic nitrogens is 1. The monoisotopic (exact) mass is 375 g/mol. The van der Waals surface area contributed by atoms with Crippen molar-refractivity contribution in [3.63, 3.8) is 0 Å². The molecule has 6 heteroatoms. The summed E-state index contributed by atoms with van der Waals surface area (Å²) in [6, 6.07) is 8.42. The van der Waals surface area contributed by atoms with E-state index in [0.29, 0.717) is 6.04 Å². The molecule has 0 bridgehead atoms. The highest BCUT2D eigenvalue weighted by Crippen LogP contribution is 2.28. The number of halogens is 1. The van der Waals surface area contributed by atoms with Crippen molar-refractivity contribution in [1.29, 1.82) is 0 Å². The van der Waals surface area contributed by atoms with Crippen LogP contribution in [0.5, 0.6) is 0 Å². The van der Waals surface area contributed by atoms with Crippen LogP contribution in [0, 0.1) is 6.92 Å². The second-order valence-electron chi connectivity index (χ2n) is 7.18. The zero-order valence-electron chi connectivity index (χ0n) is 15.4. The molecule has 26 heavy (non-hydrogen) atoms. The zero-order chi connectivity index (χ0) is 18.7. The molecule has 0 spiro atoms. The molecule has 140 valence electrons. The molecule has 0 radical (unpaired) electrons. The van der Waals surface area contributed by atoms with Gasteiger partial charge >= 0.3 is 5.97 Å². The van der Waals surface area contributed by atoms with E-state index in [4.69, 9.17) is 21.7 Å². The third-order valence-electron chi connectivity index (χ3n) is 5.32. The van der Waals surface area contributed by atoms with Gasteiger partial charge in [0.15, 0.2) is 0 Å². The molecule has 1 fully saturated rings. The van der Waals surface area contributed by atoms with Crippen LogP contribution in [-0.4, -0.2) is 58.6 Å². The first kappa shape index (κ1) is 19.1. The maximum Gasteiger partial charge on any atom is 0.317 e. The van der Waals surface area contributed by atoms with Crippen LogP contribution in [0.2, 0.25) is 5.02 Å². The number of likely N-dealkylation sites (tertiary alicyclic amines) is 1. The molecule has 0 aliphatic carbocycles. The van der Waals surface area contributed by atoms with Gasteiger partial charge in [0.05, 0.1) is 22.8 Å². The van der Waals surface area contributed by atoms with Crippen LogP contribution in [-0.2, 0) is 11.3 Å². The number of carbonyl (C=O) groups is 1. The van der Waals surface area contributed by atoms with Crippen LogP contribution >= 0.6 is 11.6 Å². The van der Waals surface area contributed by atoms with Gasteiger partial charge in [-0.05, 0) is 51.4 Å². The highest BCUT2D eigenvalue weighted by molar-refractivity contribution is 6.32. The number of fused-ring (bicyclic) bond motifs is 1. The fraction of sp³-hybridized carbons (Fsp3) is 0.500. The van der Waals surface area contributed by atoms with Crippen molar-refractivity contribution >= 4 is 28.5 Å². The highest BCUT2D eigenvalue weighted by atomic mass is 35.5. The number of pyridine rings is 1. The van der Waals surface area contributed by atoms with Gasteiger partial charge in [0, 0.05) is 24.5 Å². The molecule has 1 aromatic heterocycles. The number of benzene rings is 1. The number of nitrogens with zero attached hydrogens (tertiary/aromatic N) is 3. The second-order valence-corrected chi connectivity index (χ2v) is 7.56. The predicted octanol–water partition coefficient (Wildman–Crippen LogP) is 3.57. The number of aryl methyl sites for hydroxylation is 1. The Hall–Kier alpha value is -1.69. The van der Waals surface area contributed by atoms with E-state index < -0.39 is 5.97 Å². The van der Waals surface area contributed by atoms with Crippen LogP contribution in [0.25, 0.3) is 10.9 Å². The molecule has 1 N–H and O–H groups in total. The Balaban J connectivity index is 1.71. The summed E-state index contributed by atoms with van der Waals surface area (Å²) in [5, 5.41) is 10.9. The lowest BCUT2D eigenvalue weighted by Gasteiger charge is -2.25. The summed E-state index contributed by atoms with van der Waals surface area (Å²) in [6.07, 6.45) is 3.05. The van der Waals surface area contributed by atoms with Gasteiger partial charge in [-0.1, -0.05) is 29.8 Å². The predicted molar refractivity (Wildman–Crippen MR) is 105 cm³/mol. The van der Waals surface area contributed by atoms with Gasteiger partial charge in [-0.25, -0.2) is 4.98 Å². The van der Waals surface area contributed by atoms with E-state index >= 15 is 0 Å². The average Bonchev–Trinajstić information content (AvgIpc) is 2.84. The Bertz CT molecular complexity index is 796. The molecular weight excluding hydrogens is 350 g/mol. The number of hydrogen-bond acceptors (Lipinski definition) is 4. The normalized spacial score (nSPS) is 19.0. The summed E-state index contributed by atoms with van der Waals surface area (Å²) in [6.45, 7) is 4.80. The fourth-order valence-corrected chi connectivity index (χ4v) is 4.02. The van der Waals surface area contributed by atoms with Crippen LogP contribution in [0.3, 0.4) is 0 Å². The Morgan fingerprint density at radius 3 is 2.88 bits per heavy atom. The minimum absolute atomic E-state index is 0.0991. The molecule has 3 rings (SSSR count). The van der Waals surface area contributed by atoms with Gasteiger partial charge in [-0.3, -0.25) is 14.6 Å². The summed E-state index contributed by atoms with van der Waals surface area (Å²) in [5.74, 6) is -0.767. The lowest BCUT2D eigenvalue weighted by molar-refractivity contribution is -0.138. The van der Waals surface area contributed by atoms with Gasteiger partial charge in [-0.15, -0.1) is 0 Å². The van der Waals surface area contributed by atoms with Crippen LogP contribution in [0.1, 0.15) is 30.5 Å². The molecule has 0 amide bonds. The SMILES string of the molecule is Cc1c(Cl)c(CN2CCCC(N(C)CC(=O)O)CC2)nc2ccccc12. The lowest BCUT2D eigenvalue weighted by atomic mass is 10.1. The molecule has 2 heterocycles. The summed E-state index contributed by atoms with van der Waals surface area (Å²) in [5.41, 5.74) is 3.00. The summed E-state index contributed by atoms with van der Waals surface area (Å²) in [4.78, 5) is 20.1. The van der Waals surface area contributed by atoms with Crippen molar-refractivity contribution in [3.05, 3.63) is 40.5 Å². The molecule has 1 aliphatic rings. The Morgan fingerprint density at radius 2 is 2.12 bits per heavy atom. The van der Waals surface area contributed by atoms with E-state index in [0.717, 1.165) is 66.1 Å². The molecule has 5 nitrogen and oxygen atoms in total. The topological polar surface area (TPSA) is 56.7 Å². The van der Waals surface area contributed by atoms with E-state index in [2.05, 4.69) is 17.9 Å². The van der Waals surface area contributed by atoms with Crippen molar-refractivity contribution < 1.29 is 9.90 Å². The number of carboxylic acids is 1. The Morgan fingerprint density at radius 1 is 1.35 bits per heavy atom. The van der Waals surface area contributed by atoms with Crippen LogP contribution < -0.4 is 0 Å². The van der Waals surface area contributed by atoms with Crippen molar-refractivity contribution in [3.8, 4) is 0 Å². The number of carboxylic acid groups (broad SMARTS) is 1. The number of para-hydroxylation sites is 1. The van der Waals surface area contributed by atoms with Gasteiger partial charge in [0.1, 0.15) is 0 Å². The second kappa shape index (κ2) is 8.33. The number of likely N-dealkylation sites (N-methyl/N-ethyl adjacent to an activating group) is 1. The van der Waals surface area contributed by atoms with E-state index in [1.54, 1.807) is 0 Å². The maximum atomic E-state index is 10.9. The molecule has 1 aromatic carbocycles. The molecule has 1 aliphatic heterocycles. The smallest absolute Gasteiger partial charge is 0.317 e. The summed E-state index contributed by atoms with van der Waals surface area (Å²) >= 11 is 6.61. The van der Waals surface area contributed by atoms with E-state index in [1.807, 2.05) is 30.1 Å². The molecule has 2 aromatic rings. The third kappa shape index (κ3) is 4.34. The third-order valence-corrected chi connectivity index (χ3v) is 5.82. The fourth-order valence-electron chi connectivity index (χ4n) is 3.81. The lowest BCUT2D eigenvalue weighted by Crippen LogP contribution is -2.36. The average molecular weight is 376 g/mol. The minimum Gasteiger partial charge on any atom is -0.480 e. The standard InChI is InChI=1S/C20H26ClN3O2/c1-14-16-7-3-4-8-17(16)22-18(20(14)21)12-24-10-5-6-15(9-11-24)23(2)13-19(25)26/h3-4,7-8,15H,5-6,9-13H2,1-2H3,(H,25,26). The largest absolute Gasteiger partial charge is 0.480 e. The van der Waals surface area contributed by atoms with Crippen molar-refractivity contribution in [1.82, 2.24) is 14.8 Å². The molecule has 1 atom stereocenters. The molecule has 0 saturated carbocycles. The van der Waals surface area contributed by atoms with Crippen molar-refractivity contribution in [2.75, 3.05) is 26.7 Å². The quantitative estimate of drug-likeness (QED) is 0.865. The van der Waals surface area contributed by atoms with Gasteiger partial charge in [-0.2, -0.15) is 0 Å². The van der Waals surface area contributed by atoms with E-state index in [-0.39, 0.29) is 6.54 Å². The van der Waals surface area contributed by atoms with Gasteiger partial charge < -0.3 is 5.11 Å². The Kier molecular flexibility index (Phi) is 6.12. The molecule has 1 saturated heterocycles. The van der Waals surface area contributed by atoms with Crippen LogP contribution in [0.15, 0.2) is 24.3 Å². The summed E-state index contributed by atoms with van der Waals surface area (Å²) < 4.78 is 0. The van der Waals surface area contributed by atoms with Crippen LogP contribution in [0.4, 0.5) is 0 Å². The van der Waals surface area contributed by atoms with Crippen molar-refractivity contribution in [2.24, 2.45) is 0 Å². The van der Waals surface area contributed by atoms with Gasteiger partial charge in [0.25, 0.3) is 0 Å². The first-order valence-electron chi connectivity index (χ1n) is 9.14. The first-order chi connectivity index (χ1) is 12.5. The maximum absolute atomic E-state index is 10.9. The highest BCUT2D eigenvalue weighted by Gasteiger charge is 2.22. The minimum atomic E-state index is -0.767. The van der Waals surface area contributed by atoms with E-state index in [9.17, 15) is 4.79 Å². The molecule has 1 unspecified atom stereocenters. The molecular formula is C20H26ClN3O2. The van der Waals surface area contributed by atoms with Crippen molar-refractivity contribution in [2.45, 2.75) is 38.8 Å². The Labute approximate surface area is 159 Å². The number of hydrogen-bond donors (Lipinski definition) is 1. The first-order valence-corrected chi connectivity index (χ1v) is 9.51. The van der Waals surface area contributed by atoms with Gasteiger partial charge in [0.2, 0.25) is 0 Å². The number of rotatable bonds is 5. The summed E-state index contributed by atoms with van der Waals surface area (Å²) in [7, 11) is 1.90. The zero-order valence-corrected chi connectivity index (χ0v) is 16.2. The number of aliphatic carboxylic acids is 1. The van der Waals surface area contributed by atoms with E-state index in [1.165, 1.54) is 0 Å².